The molecule has 0 heterocycles. The number of hydrogen-bond acceptors (Lipinski definition) is 3. The summed E-state index contributed by atoms with van der Waals surface area (Å²) in [6, 6.07) is 8.38. The van der Waals surface area contributed by atoms with Crippen molar-refractivity contribution in [3.8, 4) is 0 Å². The summed E-state index contributed by atoms with van der Waals surface area (Å²) in [5.74, 6) is 0.0534. The Morgan fingerprint density at radius 2 is 1.83 bits per heavy atom. The lowest BCUT2D eigenvalue weighted by atomic mass is 10.2. The summed E-state index contributed by atoms with van der Waals surface area (Å²) in [6.07, 6.45) is 4.00. The van der Waals surface area contributed by atoms with Gasteiger partial charge < -0.3 is 10.6 Å². The van der Waals surface area contributed by atoms with Crippen LogP contribution in [-0.4, -0.2) is 24.7 Å². The number of carbonyl (C=O) groups excluding carboxylic acids is 1. The lowest BCUT2D eigenvalue weighted by molar-refractivity contribution is -0.120. The fourth-order valence-electron chi connectivity index (χ4n) is 1.66. The zero-order valence-electron chi connectivity index (χ0n) is 11.3. The first kappa shape index (κ1) is 14.9. The van der Waals surface area contributed by atoms with Gasteiger partial charge in [-0.25, -0.2) is 0 Å². The number of benzene rings is 1. The summed E-state index contributed by atoms with van der Waals surface area (Å²) in [6.45, 7) is 4.50. The van der Waals surface area contributed by atoms with Gasteiger partial charge in [0.15, 0.2) is 0 Å². The Kier molecular flexibility index (Phi) is 6.65. The molecule has 0 saturated heterocycles. The normalized spacial score (nSPS) is 10.4. The molecule has 0 spiro atoms. The average molecular weight is 266 g/mol. The van der Waals surface area contributed by atoms with E-state index in [-0.39, 0.29) is 11.9 Å². The van der Waals surface area contributed by atoms with Crippen molar-refractivity contribution in [2.75, 3.05) is 18.1 Å². The van der Waals surface area contributed by atoms with Gasteiger partial charge >= 0.3 is 0 Å². The fraction of sp³-hybridized carbons (Fsp3) is 0.500. The van der Waals surface area contributed by atoms with Crippen molar-refractivity contribution in [1.29, 1.82) is 0 Å². The number of nitrogens with one attached hydrogen (secondary N) is 2. The number of hydrogen-bond donors (Lipinski definition) is 2. The van der Waals surface area contributed by atoms with Gasteiger partial charge in [0.25, 0.3) is 0 Å². The second-order valence-electron chi connectivity index (χ2n) is 4.16. The van der Waals surface area contributed by atoms with Crippen LogP contribution < -0.4 is 10.6 Å². The largest absolute Gasteiger partial charge is 0.376 e. The zero-order valence-corrected chi connectivity index (χ0v) is 12.1. The van der Waals surface area contributed by atoms with Gasteiger partial charge in [0.05, 0.1) is 6.54 Å². The van der Waals surface area contributed by atoms with Crippen LogP contribution in [-0.2, 0) is 4.79 Å². The molecule has 0 atom stereocenters. The highest BCUT2D eigenvalue weighted by molar-refractivity contribution is 7.98. The van der Waals surface area contributed by atoms with Crippen molar-refractivity contribution in [1.82, 2.24) is 5.32 Å². The summed E-state index contributed by atoms with van der Waals surface area (Å²) in [5.41, 5.74) is 0.979. The highest BCUT2D eigenvalue weighted by Crippen LogP contribution is 2.17. The van der Waals surface area contributed by atoms with Crippen LogP contribution in [0.25, 0.3) is 0 Å². The van der Waals surface area contributed by atoms with E-state index in [1.165, 1.54) is 4.90 Å². The van der Waals surface area contributed by atoms with E-state index in [1.807, 2.05) is 30.5 Å². The molecule has 0 aliphatic carbocycles. The van der Waals surface area contributed by atoms with Crippen LogP contribution in [0.3, 0.4) is 0 Å². The molecule has 0 unspecified atom stereocenters. The number of anilines is 1. The van der Waals surface area contributed by atoms with Crippen molar-refractivity contribution in [3.05, 3.63) is 24.3 Å². The van der Waals surface area contributed by atoms with Gasteiger partial charge in [-0.3, -0.25) is 4.79 Å². The number of rotatable bonds is 7. The molecule has 0 saturated carbocycles. The molecule has 0 aliphatic rings. The Bertz CT molecular complexity index is 361. The molecule has 0 radical (unpaired) electrons. The number of thioether (sulfide) groups is 1. The van der Waals surface area contributed by atoms with Gasteiger partial charge in [0, 0.05) is 16.6 Å². The summed E-state index contributed by atoms with van der Waals surface area (Å²) in [7, 11) is 0. The molecule has 3 nitrogen and oxygen atoms in total. The smallest absolute Gasteiger partial charge is 0.239 e. The van der Waals surface area contributed by atoms with Gasteiger partial charge in [0.1, 0.15) is 0 Å². The van der Waals surface area contributed by atoms with Crippen molar-refractivity contribution >= 4 is 23.4 Å². The maximum Gasteiger partial charge on any atom is 0.239 e. The molecule has 4 heteroatoms. The number of carbonyl (C=O) groups is 1. The van der Waals surface area contributed by atoms with Gasteiger partial charge in [-0.2, -0.15) is 0 Å². The third kappa shape index (κ3) is 5.00. The number of amides is 1. The van der Waals surface area contributed by atoms with Crippen LogP contribution in [0.2, 0.25) is 0 Å². The fourth-order valence-corrected chi connectivity index (χ4v) is 2.07. The third-order valence-electron chi connectivity index (χ3n) is 2.89. The Labute approximate surface area is 114 Å². The summed E-state index contributed by atoms with van der Waals surface area (Å²) in [4.78, 5) is 12.9. The Morgan fingerprint density at radius 1 is 1.22 bits per heavy atom. The molecule has 1 amide bonds. The third-order valence-corrected chi connectivity index (χ3v) is 3.64. The maximum absolute atomic E-state index is 11.7. The second kappa shape index (κ2) is 8.03. The lowest BCUT2D eigenvalue weighted by Crippen LogP contribution is -2.37. The standard InChI is InChI=1S/C14H22N2OS/c1-4-11(5-2)16-14(17)10-15-12-6-8-13(18-3)9-7-12/h6-9,11,15H,4-5,10H2,1-3H3,(H,16,17). The summed E-state index contributed by atoms with van der Waals surface area (Å²) < 4.78 is 0. The molecular weight excluding hydrogens is 244 g/mol. The minimum Gasteiger partial charge on any atom is -0.376 e. The van der Waals surface area contributed by atoms with Crippen LogP contribution in [0.5, 0.6) is 0 Å². The average Bonchev–Trinajstić information content (AvgIpc) is 2.43. The predicted octanol–water partition coefficient (Wildman–Crippen LogP) is 3.13. The minimum atomic E-state index is 0.0534. The van der Waals surface area contributed by atoms with Gasteiger partial charge in [-0.05, 0) is 43.4 Å². The van der Waals surface area contributed by atoms with E-state index in [0.717, 1.165) is 18.5 Å². The minimum absolute atomic E-state index is 0.0534. The molecule has 0 aromatic heterocycles. The first-order valence-electron chi connectivity index (χ1n) is 6.36. The molecule has 18 heavy (non-hydrogen) atoms. The van der Waals surface area contributed by atoms with E-state index in [0.29, 0.717) is 6.54 Å². The first-order chi connectivity index (χ1) is 8.69. The van der Waals surface area contributed by atoms with E-state index >= 15 is 0 Å². The van der Waals surface area contributed by atoms with E-state index in [1.54, 1.807) is 11.8 Å². The Hall–Kier alpha value is -1.16. The SMILES string of the molecule is CCC(CC)NC(=O)CNc1ccc(SC)cc1. The second-order valence-corrected chi connectivity index (χ2v) is 5.04. The molecule has 0 bridgehead atoms. The van der Waals surface area contributed by atoms with E-state index < -0.39 is 0 Å². The van der Waals surface area contributed by atoms with Crippen LogP contribution in [0, 0.1) is 0 Å². The highest BCUT2D eigenvalue weighted by atomic mass is 32.2. The highest BCUT2D eigenvalue weighted by Gasteiger charge is 2.07. The van der Waals surface area contributed by atoms with Crippen molar-refractivity contribution in [2.24, 2.45) is 0 Å². The van der Waals surface area contributed by atoms with Crippen molar-refractivity contribution < 1.29 is 4.79 Å². The van der Waals surface area contributed by atoms with E-state index in [4.69, 9.17) is 0 Å². The molecule has 1 rings (SSSR count). The first-order valence-corrected chi connectivity index (χ1v) is 7.59. The van der Waals surface area contributed by atoms with Crippen LogP contribution in [0.4, 0.5) is 5.69 Å². The summed E-state index contributed by atoms with van der Waals surface area (Å²) in [5, 5.41) is 6.13. The van der Waals surface area contributed by atoms with Crippen LogP contribution >= 0.6 is 11.8 Å². The zero-order chi connectivity index (χ0) is 13.4. The van der Waals surface area contributed by atoms with Crippen LogP contribution in [0.15, 0.2) is 29.2 Å². The van der Waals surface area contributed by atoms with Crippen LogP contribution in [0.1, 0.15) is 26.7 Å². The van der Waals surface area contributed by atoms with Gasteiger partial charge in [-0.1, -0.05) is 13.8 Å². The van der Waals surface area contributed by atoms with Gasteiger partial charge in [-0.15, -0.1) is 11.8 Å². The van der Waals surface area contributed by atoms with E-state index in [9.17, 15) is 4.79 Å². The van der Waals surface area contributed by atoms with E-state index in [2.05, 4.69) is 24.5 Å². The van der Waals surface area contributed by atoms with Crippen molar-refractivity contribution in [2.45, 2.75) is 37.6 Å². The molecule has 0 aliphatic heterocycles. The predicted molar refractivity (Wildman–Crippen MR) is 79.2 cm³/mol. The lowest BCUT2D eigenvalue weighted by Gasteiger charge is -2.15. The topological polar surface area (TPSA) is 41.1 Å². The molecule has 2 N–H and O–H groups in total. The quantitative estimate of drug-likeness (QED) is 0.745. The molecule has 1 aromatic rings. The summed E-state index contributed by atoms with van der Waals surface area (Å²) >= 11 is 1.71. The molecule has 100 valence electrons. The Balaban J connectivity index is 2.37. The molecule has 0 fully saturated rings. The molecule has 1 aromatic carbocycles. The monoisotopic (exact) mass is 266 g/mol. The van der Waals surface area contributed by atoms with Crippen molar-refractivity contribution in [3.63, 3.8) is 0 Å². The molecular formula is C14H22N2OS. The maximum atomic E-state index is 11.7. The Morgan fingerprint density at radius 3 is 2.33 bits per heavy atom. The van der Waals surface area contributed by atoms with Gasteiger partial charge in [0.2, 0.25) is 5.91 Å².